The summed E-state index contributed by atoms with van der Waals surface area (Å²) < 4.78 is 5.53. The smallest absolute Gasteiger partial charge is 0.260 e. The van der Waals surface area contributed by atoms with Gasteiger partial charge in [0.1, 0.15) is 17.4 Å². The summed E-state index contributed by atoms with van der Waals surface area (Å²) in [5, 5.41) is 10.0. The first-order chi connectivity index (χ1) is 15.0. The fourth-order valence-corrected chi connectivity index (χ4v) is 4.27. The van der Waals surface area contributed by atoms with Crippen LogP contribution in [0.15, 0.2) is 36.4 Å². The molecule has 0 unspecified atom stereocenters. The van der Waals surface area contributed by atoms with Crippen molar-refractivity contribution in [3.05, 3.63) is 58.7 Å². The fourth-order valence-electron chi connectivity index (χ4n) is 3.42. The average molecular weight is 438 g/mol. The van der Waals surface area contributed by atoms with Gasteiger partial charge in [-0.25, -0.2) is 0 Å². The molecule has 0 spiro atoms. The SMILES string of the molecule is CCCCN(C(=O)c1ccccc1C)c1nnc(-c2cc(C)c(OCC=O)c(C)c2)s1. The molecule has 1 heterocycles. The molecule has 0 aliphatic carbocycles. The highest BCUT2D eigenvalue weighted by Crippen LogP contribution is 2.34. The number of nitrogens with zero attached hydrogens (tertiary/aromatic N) is 3. The summed E-state index contributed by atoms with van der Waals surface area (Å²) in [4.78, 5) is 25.7. The first kappa shape index (κ1) is 22.6. The van der Waals surface area contributed by atoms with Gasteiger partial charge < -0.3 is 4.74 Å². The molecule has 0 atom stereocenters. The minimum atomic E-state index is -0.0563. The van der Waals surface area contributed by atoms with Crippen molar-refractivity contribution >= 4 is 28.7 Å². The molecule has 162 valence electrons. The van der Waals surface area contributed by atoms with Crippen molar-refractivity contribution in [3.63, 3.8) is 0 Å². The summed E-state index contributed by atoms with van der Waals surface area (Å²) in [5.74, 6) is 0.652. The maximum Gasteiger partial charge on any atom is 0.260 e. The molecule has 0 N–H and O–H groups in total. The van der Waals surface area contributed by atoms with E-state index in [1.807, 2.05) is 57.2 Å². The summed E-state index contributed by atoms with van der Waals surface area (Å²) >= 11 is 1.40. The van der Waals surface area contributed by atoms with Crippen LogP contribution in [0.2, 0.25) is 0 Å². The predicted octanol–water partition coefficient (Wildman–Crippen LogP) is 5.15. The number of benzene rings is 2. The summed E-state index contributed by atoms with van der Waals surface area (Å²) in [7, 11) is 0. The molecule has 3 aromatic rings. The van der Waals surface area contributed by atoms with Crippen LogP contribution in [0.1, 0.15) is 46.8 Å². The second-order valence-electron chi connectivity index (χ2n) is 7.43. The number of aldehydes is 1. The summed E-state index contributed by atoms with van der Waals surface area (Å²) in [5.41, 5.74) is 4.38. The first-order valence-corrected chi connectivity index (χ1v) is 11.2. The Kier molecular flexibility index (Phi) is 7.52. The van der Waals surface area contributed by atoms with E-state index in [9.17, 15) is 9.59 Å². The van der Waals surface area contributed by atoms with Gasteiger partial charge >= 0.3 is 0 Å². The molecule has 0 saturated heterocycles. The van der Waals surface area contributed by atoms with Gasteiger partial charge in [-0.3, -0.25) is 14.5 Å². The van der Waals surface area contributed by atoms with Crippen LogP contribution in [0.5, 0.6) is 5.75 Å². The molecular formula is C24H27N3O3S. The molecule has 0 aliphatic rings. The standard InChI is InChI=1S/C24H27N3O3S/c1-5-6-11-27(23(29)20-10-8-7-9-16(20)2)24-26-25-22(31-24)19-14-17(3)21(18(4)15-19)30-13-12-28/h7-10,12,14-15H,5-6,11,13H2,1-4H3. The van der Waals surface area contributed by atoms with Crippen molar-refractivity contribution in [2.75, 3.05) is 18.1 Å². The lowest BCUT2D eigenvalue weighted by atomic mass is 10.1. The molecular weight excluding hydrogens is 410 g/mol. The van der Waals surface area contributed by atoms with Crippen LogP contribution in [0.3, 0.4) is 0 Å². The maximum absolute atomic E-state index is 13.3. The number of ether oxygens (including phenoxy) is 1. The highest BCUT2D eigenvalue weighted by atomic mass is 32.1. The van der Waals surface area contributed by atoms with Gasteiger partial charge in [-0.05, 0) is 62.1 Å². The topological polar surface area (TPSA) is 72.4 Å². The number of unbranched alkanes of at least 4 members (excludes halogenated alkanes) is 1. The Hall–Kier alpha value is -3.06. The fraction of sp³-hybridized carbons (Fsp3) is 0.333. The van der Waals surface area contributed by atoms with Crippen LogP contribution in [-0.4, -0.2) is 35.5 Å². The number of carbonyl (C=O) groups is 2. The summed E-state index contributed by atoms with van der Waals surface area (Å²) in [6, 6.07) is 11.5. The van der Waals surface area contributed by atoms with Gasteiger partial charge in [0.05, 0.1) is 0 Å². The molecule has 6 nitrogen and oxygen atoms in total. The Morgan fingerprint density at radius 1 is 1.10 bits per heavy atom. The van der Waals surface area contributed by atoms with Crippen molar-refractivity contribution in [2.45, 2.75) is 40.5 Å². The van der Waals surface area contributed by atoms with E-state index in [1.54, 1.807) is 4.90 Å². The lowest BCUT2D eigenvalue weighted by Gasteiger charge is -2.20. The number of hydrogen-bond acceptors (Lipinski definition) is 6. The van der Waals surface area contributed by atoms with Gasteiger partial charge in [-0.15, -0.1) is 10.2 Å². The molecule has 0 fully saturated rings. The van der Waals surface area contributed by atoms with Crippen LogP contribution in [0, 0.1) is 20.8 Å². The van der Waals surface area contributed by atoms with E-state index >= 15 is 0 Å². The van der Waals surface area contributed by atoms with Crippen LogP contribution < -0.4 is 9.64 Å². The van der Waals surface area contributed by atoms with E-state index in [1.165, 1.54) is 11.3 Å². The highest BCUT2D eigenvalue weighted by Gasteiger charge is 2.23. The van der Waals surface area contributed by atoms with Gasteiger partial charge in [-0.2, -0.15) is 0 Å². The maximum atomic E-state index is 13.3. The average Bonchev–Trinajstić information content (AvgIpc) is 3.23. The molecule has 31 heavy (non-hydrogen) atoms. The van der Waals surface area contributed by atoms with Crippen LogP contribution >= 0.6 is 11.3 Å². The Bertz CT molecular complexity index is 1050. The second kappa shape index (κ2) is 10.3. The summed E-state index contributed by atoms with van der Waals surface area (Å²) in [6.45, 7) is 8.53. The van der Waals surface area contributed by atoms with Gasteiger partial charge in [0.2, 0.25) is 5.13 Å². The van der Waals surface area contributed by atoms with Gasteiger partial charge in [0.25, 0.3) is 5.91 Å². The number of amides is 1. The lowest BCUT2D eigenvalue weighted by Crippen LogP contribution is -2.32. The lowest BCUT2D eigenvalue weighted by molar-refractivity contribution is -0.109. The largest absolute Gasteiger partial charge is 0.486 e. The zero-order chi connectivity index (χ0) is 22.4. The molecule has 1 aromatic heterocycles. The second-order valence-corrected chi connectivity index (χ2v) is 8.39. The van der Waals surface area contributed by atoms with Crippen molar-refractivity contribution in [3.8, 4) is 16.3 Å². The van der Waals surface area contributed by atoms with Crippen molar-refractivity contribution in [2.24, 2.45) is 0 Å². The first-order valence-electron chi connectivity index (χ1n) is 10.3. The Labute approximate surface area is 186 Å². The Balaban J connectivity index is 1.93. The van der Waals surface area contributed by atoms with E-state index in [-0.39, 0.29) is 12.5 Å². The van der Waals surface area contributed by atoms with E-state index < -0.39 is 0 Å². The van der Waals surface area contributed by atoms with Crippen molar-refractivity contribution < 1.29 is 14.3 Å². The van der Waals surface area contributed by atoms with Crippen LogP contribution in [0.25, 0.3) is 10.6 Å². The molecule has 0 bridgehead atoms. The number of aromatic nitrogens is 2. The Morgan fingerprint density at radius 2 is 1.81 bits per heavy atom. The van der Waals surface area contributed by atoms with E-state index in [2.05, 4.69) is 17.1 Å². The minimum Gasteiger partial charge on any atom is -0.486 e. The predicted molar refractivity (Wildman–Crippen MR) is 124 cm³/mol. The highest BCUT2D eigenvalue weighted by molar-refractivity contribution is 7.18. The zero-order valence-corrected chi connectivity index (χ0v) is 19.2. The zero-order valence-electron chi connectivity index (χ0n) is 18.3. The molecule has 2 aromatic carbocycles. The molecule has 3 rings (SSSR count). The normalized spacial score (nSPS) is 10.7. The van der Waals surface area contributed by atoms with E-state index in [0.29, 0.717) is 23.0 Å². The van der Waals surface area contributed by atoms with Crippen LogP contribution in [-0.2, 0) is 4.79 Å². The van der Waals surface area contributed by atoms with Gasteiger partial charge in [0.15, 0.2) is 6.29 Å². The van der Waals surface area contributed by atoms with E-state index in [0.717, 1.165) is 46.4 Å². The van der Waals surface area contributed by atoms with Crippen molar-refractivity contribution in [1.82, 2.24) is 10.2 Å². The summed E-state index contributed by atoms with van der Waals surface area (Å²) in [6.07, 6.45) is 2.59. The third-order valence-corrected chi connectivity index (χ3v) is 6.00. The minimum absolute atomic E-state index is 0.0252. The third kappa shape index (κ3) is 5.17. The Morgan fingerprint density at radius 3 is 2.45 bits per heavy atom. The third-order valence-electron chi connectivity index (χ3n) is 5.00. The molecule has 0 saturated carbocycles. The molecule has 7 heteroatoms. The van der Waals surface area contributed by atoms with E-state index in [4.69, 9.17) is 4.74 Å². The monoisotopic (exact) mass is 437 g/mol. The van der Waals surface area contributed by atoms with Gasteiger partial charge in [-0.1, -0.05) is 42.9 Å². The van der Waals surface area contributed by atoms with Crippen molar-refractivity contribution in [1.29, 1.82) is 0 Å². The number of anilines is 1. The number of rotatable bonds is 9. The number of aryl methyl sites for hydroxylation is 3. The van der Waals surface area contributed by atoms with Crippen LogP contribution in [0.4, 0.5) is 5.13 Å². The number of carbonyl (C=O) groups excluding carboxylic acids is 2. The molecule has 0 radical (unpaired) electrons. The number of hydrogen-bond donors (Lipinski definition) is 0. The van der Waals surface area contributed by atoms with Gasteiger partial charge in [0, 0.05) is 17.7 Å². The quantitative estimate of drug-likeness (QED) is 0.433. The molecule has 1 amide bonds. The molecule has 0 aliphatic heterocycles.